The second kappa shape index (κ2) is 5.73. The number of amides is 1. The van der Waals surface area contributed by atoms with Gasteiger partial charge in [0.1, 0.15) is 6.04 Å². The lowest BCUT2D eigenvalue weighted by Gasteiger charge is -2.10. The van der Waals surface area contributed by atoms with E-state index < -0.39 is 11.9 Å². The quantitative estimate of drug-likeness (QED) is 0.645. The average molecular weight is 218 g/mol. The van der Waals surface area contributed by atoms with Crippen LogP contribution in [0.15, 0.2) is 24.3 Å². The number of hydrogen-bond acceptors (Lipinski definition) is 4. The summed E-state index contributed by atoms with van der Waals surface area (Å²) in [6.45, 7) is 0.299. The van der Waals surface area contributed by atoms with Crippen LogP contribution in [0.4, 0.5) is 5.69 Å². The predicted molar refractivity (Wildman–Crippen MR) is 61.4 cm³/mol. The standard InChI is InChI=1S/C11H14N4O/c12-6-5-8-1-3-9(4-2-8)15-7-10(13)11(14)16/h1-4,10,15H,5,7,13H2,(H2,14,16). The number of benzene rings is 1. The topological polar surface area (TPSA) is 105 Å². The first-order valence-corrected chi connectivity index (χ1v) is 4.88. The maximum absolute atomic E-state index is 10.7. The van der Waals surface area contributed by atoms with E-state index in [9.17, 15) is 4.79 Å². The summed E-state index contributed by atoms with van der Waals surface area (Å²) in [7, 11) is 0. The van der Waals surface area contributed by atoms with Gasteiger partial charge in [-0.15, -0.1) is 0 Å². The van der Waals surface area contributed by atoms with Crippen LogP contribution in [0, 0.1) is 11.3 Å². The van der Waals surface area contributed by atoms with Crippen molar-refractivity contribution in [1.29, 1.82) is 5.26 Å². The lowest BCUT2D eigenvalue weighted by molar-refractivity contribution is -0.118. The molecule has 1 rings (SSSR count). The van der Waals surface area contributed by atoms with Gasteiger partial charge < -0.3 is 16.8 Å². The molecule has 0 saturated heterocycles. The maximum Gasteiger partial charge on any atom is 0.236 e. The molecule has 0 bridgehead atoms. The van der Waals surface area contributed by atoms with Gasteiger partial charge in [0.15, 0.2) is 0 Å². The summed E-state index contributed by atoms with van der Waals surface area (Å²) in [5, 5.41) is 11.5. The zero-order chi connectivity index (χ0) is 12.0. The molecule has 1 amide bonds. The van der Waals surface area contributed by atoms with Crippen molar-refractivity contribution in [3.8, 4) is 6.07 Å². The Morgan fingerprint density at radius 1 is 1.44 bits per heavy atom. The number of hydrogen-bond donors (Lipinski definition) is 3. The minimum atomic E-state index is -0.696. The van der Waals surface area contributed by atoms with E-state index in [1.165, 1.54) is 0 Å². The molecule has 0 aliphatic rings. The number of carbonyl (C=O) groups excluding carboxylic acids is 1. The van der Waals surface area contributed by atoms with E-state index in [1.54, 1.807) is 0 Å². The van der Waals surface area contributed by atoms with E-state index in [0.29, 0.717) is 13.0 Å². The molecule has 0 aromatic heterocycles. The van der Waals surface area contributed by atoms with Crippen LogP contribution < -0.4 is 16.8 Å². The van der Waals surface area contributed by atoms with E-state index in [4.69, 9.17) is 16.7 Å². The van der Waals surface area contributed by atoms with Gasteiger partial charge in [-0.1, -0.05) is 12.1 Å². The highest BCUT2D eigenvalue weighted by atomic mass is 16.1. The Labute approximate surface area is 94.0 Å². The van der Waals surface area contributed by atoms with Crippen LogP contribution in [0.2, 0.25) is 0 Å². The summed E-state index contributed by atoms with van der Waals surface area (Å²) in [4.78, 5) is 10.7. The highest BCUT2D eigenvalue weighted by molar-refractivity contribution is 5.80. The van der Waals surface area contributed by atoms with Crippen molar-refractivity contribution in [2.75, 3.05) is 11.9 Å². The Hall–Kier alpha value is -2.06. The molecule has 1 atom stereocenters. The molecule has 0 spiro atoms. The summed E-state index contributed by atoms with van der Waals surface area (Å²) in [5.74, 6) is -0.534. The highest BCUT2D eigenvalue weighted by Crippen LogP contribution is 2.09. The fourth-order valence-electron chi connectivity index (χ4n) is 1.16. The molecule has 5 N–H and O–H groups in total. The molecular formula is C11H14N4O. The summed E-state index contributed by atoms with van der Waals surface area (Å²) in [6.07, 6.45) is 0.390. The van der Waals surface area contributed by atoms with Gasteiger partial charge in [-0.25, -0.2) is 0 Å². The number of nitrogens with one attached hydrogen (secondary N) is 1. The number of nitrogens with zero attached hydrogens (tertiary/aromatic N) is 1. The maximum atomic E-state index is 10.7. The number of anilines is 1. The largest absolute Gasteiger partial charge is 0.383 e. The molecule has 1 unspecified atom stereocenters. The van der Waals surface area contributed by atoms with Gasteiger partial charge in [-0.05, 0) is 17.7 Å². The van der Waals surface area contributed by atoms with E-state index in [0.717, 1.165) is 11.3 Å². The lowest BCUT2D eigenvalue weighted by atomic mass is 10.1. The molecule has 1 aromatic carbocycles. The Bertz CT molecular complexity index is 393. The highest BCUT2D eigenvalue weighted by Gasteiger charge is 2.07. The molecule has 84 valence electrons. The third kappa shape index (κ3) is 3.59. The molecule has 0 aliphatic carbocycles. The van der Waals surface area contributed by atoms with Gasteiger partial charge in [-0.2, -0.15) is 5.26 Å². The minimum Gasteiger partial charge on any atom is -0.383 e. The minimum absolute atomic E-state index is 0.299. The fourth-order valence-corrected chi connectivity index (χ4v) is 1.16. The van der Waals surface area contributed by atoms with E-state index in [2.05, 4.69) is 11.4 Å². The number of nitriles is 1. The molecule has 0 radical (unpaired) electrons. The first-order valence-electron chi connectivity index (χ1n) is 4.88. The molecular weight excluding hydrogens is 204 g/mol. The zero-order valence-electron chi connectivity index (χ0n) is 8.81. The van der Waals surface area contributed by atoms with Crippen LogP contribution in [0.1, 0.15) is 5.56 Å². The van der Waals surface area contributed by atoms with Gasteiger partial charge in [0.2, 0.25) is 5.91 Å². The summed E-state index contributed by atoms with van der Waals surface area (Å²) >= 11 is 0. The summed E-state index contributed by atoms with van der Waals surface area (Å²) in [5.41, 5.74) is 12.3. The Kier molecular flexibility index (Phi) is 4.30. The SMILES string of the molecule is N#CCc1ccc(NCC(N)C(N)=O)cc1. The summed E-state index contributed by atoms with van der Waals surface area (Å²) in [6, 6.07) is 8.74. The van der Waals surface area contributed by atoms with E-state index >= 15 is 0 Å². The average Bonchev–Trinajstić information content (AvgIpc) is 2.28. The normalized spacial score (nSPS) is 11.5. The third-order valence-electron chi connectivity index (χ3n) is 2.13. The number of primary amides is 1. The van der Waals surface area contributed by atoms with Crippen LogP contribution in [0.25, 0.3) is 0 Å². The van der Waals surface area contributed by atoms with Crippen LogP contribution >= 0.6 is 0 Å². The van der Waals surface area contributed by atoms with Crippen LogP contribution in [-0.2, 0) is 11.2 Å². The first kappa shape index (κ1) is 12.0. The van der Waals surface area contributed by atoms with Crippen molar-refractivity contribution in [3.05, 3.63) is 29.8 Å². The fraction of sp³-hybridized carbons (Fsp3) is 0.273. The molecule has 5 nitrogen and oxygen atoms in total. The monoisotopic (exact) mass is 218 g/mol. The lowest BCUT2D eigenvalue weighted by Crippen LogP contribution is -2.41. The Morgan fingerprint density at radius 3 is 2.56 bits per heavy atom. The number of carbonyl (C=O) groups is 1. The molecule has 0 aliphatic heterocycles. The predicted octanol–water partition coefficient (Wildman–Crippen LogP) is -0.0228. The van der Waals surface area contributed by atoms with Crippen molar-refractivity contribution >= 4 is 11.6 Å². The van der Waals surface area contributed by atoms with Crippen LogP contribution in [0.3, 0.4) is 0 Å². The van der Waals surface area contributed by atoms with Crippen LogP contribution in [0.5, 0.6) is 0 Å². The second-order valence-electron chi connectivity index (χ2n) is 3.42. The second-order valence-corrected chi connectivity index (χ2v) is 3.42. The smallest absolute Gasteiger partial charge is 0.236 e. The van der Waals surface area contributed by atoms with Crippen molar-refractivity contribution in [3.63, 3.8) is 0 Å². The zero-order valence-corrected chi connectivity index (χ0v) is 8.81. The summed E-state index contributed by atoms with van der Waals surface area (Å²) < 4.78 is 0. The first-order chi connectivity index (χ1) is 7.63. The van der Waals surface area contributed by atoms with Crippen LogP contribution in [-0.4, -0.2) is 18.5 Å². The van der Waals surface area contributed by atoms with Gasteiger partial charge in [0.25, 0.3) is 0 Å². The molecule has 5 heteroatoms. The van der Waals surface area contributed by atoms with Gasteiger partial charge in [0.05, 0.1) is 12.5 Å². The molecule has 0 fully saturated rings. The van der Waals surface area contributed by atoms with Gasteiger partial charge in [-0.3, -0.25) is 4.79 Å². The Balaban J connectivity index is 2.50. The van der Waals surface area contributed by atoms with Gasteiger partial charge in [0, 0.05) is 12.2 Å². The van der Waals surface area contributed by atoms with Crippen molar-refractivity contribution in [2.24, 2.45) is 11.5 Å². The van der Waals surface area contributed by atoms with Crippen molar-refractivity contribution < 1.29 is 4.79 Å². The molecule has 1 aromatic rings. The van der Waals surface area contributed by atoms with Crippen molar-refractivity contribution in [1.82, 2.24) is 0 Å². The number of rotatable bonds is 5. The van der Waals surface area contributed by atoms with Gasteiger partial charge >= 0.3 is 0 Å². The van der Waals surface area contributed by atoms with Crippen molar-refractivity contribution in [2.45, 2.75) is 12.5 Å². The van der Waals surface area contributed by atoms with E-state index in [-0.39, 0.29) is 0 Å². The Morgan fingerprint density at radius 2 is 2.06 bits per heavy atom. The molecule has 0 saturated carbocycles. The molecule has 16 heavy (non-hydrogen) atoms. The number of nitrogens with two attached hydrogens (primary N) is 2. The van der Waals surface area contributed by atoms with E-state index in [1.807, 2.05) is 24.3 Å². The molecule has 0 heterocycles. The third-order valence-corrected chi connectivity index (χ3v) is 2.13.